The minimum Gasteiger partial charge on any atom is -0.504 e. The first-order valence-electron chi connectivity index (χ1n) is 7.12. The molecule has 2 aromatic carbocycles. The van der Waals surface area contributed by atoms with Crippen molar-refractivity contribution in [3.63, 3.8) is 0 Å². The predicted molar refractivity (Wildman–Crippen MR) is 97.6 cm³/mol. The van der Waals surface area contributed by atoms with Crippen molar-refractivity contribution in [1.82, 2.24) is 0 Å². The number of rotatable bonds is 5. The molecule has 0 aliphatic rings. The van der Waals surface area contributed by atoms with Gasteiger partial charge in [0.15, 0.2) is 11.5 Å². The summed E-state index contributed by atoms with van der Waals surface area (Å²) < 4.78 is 10.6. The van der Waals surface area contributed by atoms with Crippen LogP contribution in [0.5, 0.6) is 17.2 Å². The number of benzene rings is 2. The van der Waals surface area contributed by atoms with Gasteiger partial charge in [-0.25, -0.2) is 0 Å². The number of nitrogens with zero attached hydrogens (tertiary/aromatic N) is 1. The standard InChI is InChI=1S/C18H15BrN2O4/c1-24-14-5-3-13(4-6-14)21-18(23)12(10-20)7-11-8-17(25-2)16(22)9-15(11)19/h3-9,22H,1-2H3,(H,21,23)/b12-7-. The van der Waals surface area contributed by atoms with E-state index < -0.39 is 5.91 Å². The molecular weight excluding hydrogens is 388 g/mol. The number of aromatic hydroxyl groups is 1. The van der Waals surface area contributed by atoms with Crippen LogP contribution in [0.1, 0.15) is 5.56 Å². The zero-order valence-corrected chi connectivity index (χ0v) is 15.1. The Morgan fingerprint density at radius 3 is 2.48 bits per heavy atom. The monoisotopic (exact) mass is 402 g/mol. The molecule has 2 aromatic rings. The third-order valence-electron chi connectivity index (χ3n) is 3.31. The average Bonchev–Trinajstić information content (AvgIpc) is 2.61. The summed E-state index contributed by atoms with van der Waals surface area (Å²) >= 11 is 3.28. The number of ether oxygens (including phenoxy) is 2. The highest BCUT2D eigenvalue weighted by atomic mass is 79.9. The zero-order valence-electron chi connectivity index (χ0n) is 13.5. The number of carbonyl (C=O) groups excluding carboxylic acids is 1. The Balaban J connectivity index is 2.27. The second-order valence-electron chi connectivity index (χ2n) is 4.90. The fraction of sp³-hybridized carbons (Fsp3) is 0.111. The van der Waals surface area contributed by atoms with Gasteiger partial charge < -0.3 is 19.9 Å². The Morgan fingerprint density at radius 2 is 1.92 bits per heavy atom. The molecule has 7 heteroatoms. The Labute approximate surface area is 153 Å². The number of nitriles is 1. The van der Waals surface area contributed by atoms with E-state index >= 15 is 0 Å². The van der Waals surface area contributed by atoms with Crippen LogP contribution in [-0.2, 0) is 4.79 Å². The molecule has 0 aromatic heterocycles. The second kappa shape index (κ2) is 8.22. The molecule has 0 radical (unpaired) electrons. The normalized spacial score (nSPS) is 10.7. The minimum atomic E-state index is -0.549. The van der Waals surface area contributed by atoms with E-state index in [9.17, 15) is 15.2 Å². The van der Waals surface area contributed by atoms with Gasteiger partial charge in [-0.1, -0.05) is 15.9 Å². The second-order valence-corrected chi connectivity index (χ2v) is 5.75. The van der Waals surface area contributed by atoms with Crippen LogP contribution in [0.15, 0.2) is 46.4 Å². The summed E-state index contributed by atoms with van der Waals surface area (Å²) in [6, 6.07) is 11.6. The summed E-state index contributed by atoms with van der Waals surface area (Å²) in [5.74, 6) is 0.302. The number of hydrogen-bond acceptors (Lipinski definition) is 5. The van der Waals surface area contributed by atoms with Crippen molar-refractivity contribution < 1.29 is 19.4 Å². The smallest absolute Gasteiger partial charge is 0.266 e. The molecule has 0 spiro atoms. The predicted octanol–water partition coefficient (Wildman–Crippen LogP) is 3.72. The number of nitrogens with one attached hydrogen (secondary N) is 1. The highest BCUT2D eigenvalue weighted by Gasteiger charge is 2.13. The first kappa shape index (κ1) is 18.4. The third-order valence-corrected chi connectivity index (χ3v) is 4.00. The van der Waals surface area contributed by atoms with Crippen LogP contribution < -0.4 is 14.8 Å². The van der Waals surface area contributed by atoms with Crippen molar-refractivity contribution in [3.05, 3.63) is 52.0 Å². The van der Waals surface area contributed by atoms with Crippen LogP contribution in [0.2, 0.25) is 0 Å². The molecule has 0 unspecified atom stereocenters. The summed E-state index contributed by atoms with van der Waals surface area (Å²) in [7, 11) is 2.96. The molecule has 0 saturated carbocycles. The van der Waals surface area contributed by atoms with Crippen molar-refractivity contribution in [3.8, 4) is 23.3 Å². The van der Waals surface area contributed by atoms with E-state index in [2.05, 4.69) is 21.2 Å². The molecule has 0 saturated heterocycles. The molecule has 0 aliphatic heterocycles. The lowest BCUT2D eigenvalue weighted by Gasteiger charge is -2.08. The number of phenols is 1. The summed E-state index contributed by atoms with van der Waals surface area (Å²) in [5, 5.41) is 21.7. The van der Waals surface area contributed by atoms with E-state index in [4.69, 9.17) is 9.47 Å². The maximum atomic E-state index is 12.3. The van der Waals surface area contributed by atoms with Crippen molar-refractivity contribution in [2.75, 3.05) is 19.5 Å². The molecule has 0 atom stereocenters. The summed E-state index contributed by atoms with van der Waals surface area (Å²) in [6.45, 7) is 0. The number of halogens is 1. The van der Waals surface area contributed by atoms with Gasteiger partial charge in [0.2, 0.25) is 0 Å². The fourth-order valence-electron chi connectivity index (χ4n) is 2.01. The van der Waals surface area contributed by atoms with Gasteiger partial charge in [-0.3, -0.25) is 4.79 Å². The molecule has 0 aliphatic carbocycles. The molecular formula is C18H15BrN2O4. The molecule has 2 N–H and O–H groups in total. The van der Waals surface area contributed by atoms with E-state index in [0.717, 1.165) is 0 Å². The van der Waals surface area contributed by atoms with E-state index in [1.165, 1.54) is 25.3 Å². The van der Waals surface area contributed by atoms with Gasteiger partial charge in [-0.2, -0.15) is 5.26 Å². The largest absolute Gasteiger partial charge is 0.504 e. The zero-order chi connectivity index (χ0) is 18.4. The van der Waals surface area contributed by atoms with Gasteiger partial charge in [-0.05, 0) is 48.0 Å². The lowest BCUT2D eigenvalue weighted by Crippen LogP contribution is -2.13. The van der Waals surface area contributed by atoms with Crippen LogP contribution in [0.4, 0.5) is 5.69 Å². The Morgan fingerprint density at radius 1 is 1.24 bits per heavy atom. The molecule has 0 bridgehead atoms. The van der Waals surface area contributed by atoms with Gasteiger partial charge in [0.05, 0.1) is 14.2 Å². The fourth-order valence-corrected chi connectivity index (χ4v) is 2.46. The number of phenolic OH excluding ortho intramolecular Hbond substituents is 1. The maximum absolute atomic E-state index is 12.3. The molecule has 0 fully saturated rings. The highest BCUT2D eigenvalue weighted by molar-refractivity contribution is 9.10. The van der Waals surface area contributed by atoms with E-state index in [-0.39, 0.29) is 17.1 Å². The van der Waals surface area contributed by atoms with Gasteiger partial charge in [0.25, 0.3) is 5.91 Å². The van der Waals surface area contributed by atoms with Crippen LogP contribution in [-0.4, -0.2) is 25.2 Å². The maximum Gasteiger partial charge on any atom is 0.266 e. The van der Waals surface area contributed by atoms with Gasteiger partial charge in [-0.15, -0.1) is 0 Å². The molecule has 2 rings (SSSR count). The van der Waals surface area contributed by atoms with Gasteiger partial charge >= 0.3 is 0 Å². The van der Waals surface area contributed by atoms with Crippen LogP contribution in [0, 0.1) is 11.3 Å². The molecule has 0 heterocycles. The van der Waals surface area contributed by atoms with Crippen LogP contribution >= 0.6 is 15.9 Å². The lowest BCUT2D eigenvalue weighted by molar-refractivity contribution is -0.112. The van der Waals surface area contributed by atoms with E-state index in [1.807, 2.05) is 6.07 Å². The third kappa shape index (κ3) is 4.52. The number of methoxy groups -OCH3 is 2. The van der Waals surface area contributed by atoms with E-state index in [1.54, 1.807) is 31.4 Å². The number of hydrogen-bond donors (Lipinski definition) is 2. The van der Waals surface area contributed by atoms with Crippen molar-refractivity contribution in [2.24, 2.45) is 0 Å². The molecule has 1 amide bonds. The van der Waals surface area contributed by atoms with Gasteiger partial charge in [0.1, 0.15) is 17.4 Å². The Hall–Kier alpha value is -2.98. The minimum absolute atomic E-state index is 0.0484. The highest BCUT2D eigenvalue weighted by Crippen LogP contribution is 2.33. The number of carbonyl (C=O) groups is 1. The number of amides is 1. The topological polar surface area (TPSA) is 91.6 Å². The molecule has 128 valence electrons. The molecule has 6 nitrogen and oxygen atoms in total. The van der Waals surface area contributed by atoms with Crippen LogP contribution in [0.25, 0.3) is 6.08 Å². The molecule has 25 heavy (non-hydrogen) atoms. The quantitative estimate of drug-likeness (QED) is 0.587. The first-order valence-corrected chi connectivity index (χ1v) is 7.91. The number of anilines is 1. The van der Waals surface area contributed by atoms with Crippen LogP contribution in [0.3, 0.4) is 0 Å². The summed E-state index contributed by atoms with van der Waals surface area (Å²) in [6.07, 6.45) is 1.41. The first-order chi connectivity index (χ1) is 12.0. The Bertz CT molecular complexity index is 855. The lowest BCUT2D eigenvalue weighted by atomic mass is 10.1. The van der Waals surface area contributed by atoms with Gasteiger partial charge in [0, 0.05) is 10.2 Å². The average molecular weight is 403 g/mol. The Kier molecular flexibility index (Phi) is 6.03. The van der Waals surface area contributed by atoms with Crippen molar-refractivity contribution in [2.45, 2.75) is 0 Å². The SMILES string of the molecule is COc1ccc(NC(=O)/C(C#N)=C\c2cc(OC)c(O)cc2Br)cc1. The van der Waals surface area contributed by atoms with E-state index in [0.29, 0.717) is 21.5 Å². The van der Waals surface area contributed by atoms with Crippen molar-refractivity contribution in [1.29, 1.82) is 5.26 Å². The summed E-state index contributed by atoms with van der Waals surface area (Å²) in [5.41, 5.74) is 0.967. The van der Waals surface area contributed by atoms with Crippen molar-refractivity contribution >= 4 is 33.6 Å². The summed E-state index contributed by atoms with van der Waals surface area (Å²) in [4.78, 5) is 12.3.